The number of methoxy groups -OCH3 is 1. The van der Waals surface area contributed by atoms with E-state index in [0.717, 1.165) is 5.69 Å². The molecule has 0 saturated heterocycles. The summed E-state index contributed by atoms with van der Waals surface area (Å²) in [7, 11) is 1.35. The molecular weight excluding hydrogens is 254 g/mol. The van der Waals surface area contributed by atoms with Gasteiger partial charge in [-0.25, -0.2) is 4.79 Å². The monoisotopic (exact) mass is 277 g/mol. The van der Waals surface area contributed by atoms with Crippen molar-refractivity contribution in [1.82, 2.24) is 0 Å². The molecule has 0 amide bonds. The fourth-order valence-corrected chi connectivity index (χ4v) is 2.64. The Morgan fingerprint density at radius 2 is 2.05 bits per heavy atom. The molecule has 1 unspecified atom stereocenters. The van der Waals surface area contributed by atoms with Crippen LogP contribution in [0, 0.1) is 5.41 Å². The largest absolute Gasteiger partial charge is 0.482 e. The van der Waals surface area contributed by atoms with Crippen molar-refractivity contribution in [2.45, 2.75) is 39.2 Å². The fraction of sp³-hybridized carbons (Fsp3) is 0.562. The van der Waals surface area contributed by atoms with E-state index in [4.69, 9.17) is 4.74 Å². The molecule has 0 radical (unpaired) electrons. The number of rotatable bonds is 5. The molecule has 1 aliphatic carbocycles. The van der Waals surface area contributed by atoms with Crippen LogP contribution >= 0.6 is 0 Å². The second kappa shape index (κ2) is 6.16. The molecule has 1 fully saturated rings. The molecule has 4 nitrogen and oxygen atoms in total. The van der Waals surface area contributed by atoms with E-state index < -0.39 is 0 Å². The van der Waals surface area contributed by atoms with Crippen LogP contribution in [0.4, 0.5) is 5.69 Å². The van der Waals surface area contributed by atoms with Crippen LogP contribution in [-0.2, 0) is 9.53 Å². The second-order valence-corrected chi connectivity index (χ2v) is 6.14. The minimum Gasteiger partial charge on any atom is -0.482 e. The van der Waals surface area contributed by atoms with Crippen LogP contribution in [0.2, 0.25) is 0 Å². The van der Waals surface area contributed by atoms with Crippen LogP contribution in [0.1, 0.15) is 33.1 Å². The first-order valence-electron chi connectivity index (χ1n) is 7.05. The lowest BCUT2D eigenvalue weighted by Crippen LogP contribution is -2.17. The fourth-order valence-electron chi connectivity index (χ4n) is 2.64. The predicted octanol–water partition coefficient (Wildman–Crippen LogP) is 3.23. The van der Waals surface area contributed by atoms with Crippen LogP contribution in [0.25, 0.3) is 0 Å². The molecule has 0 heterocycles. The summed E-state index contributed by atoms with van der Waals surface area (Å²) >= 11 is 0. The highest BCUT2D eigenvalue weighted by Crippen LogP contribution is 2.38. The number of carbonyl (C=O) groups excluding carboxylic acids is 1. The maximum absolute atomic E-state index is 11.0. The minimum absolute atomic E-state index is 0.0555. The summed E-state index contributed by atoms with van der Waals surface area (Å²) in [6.07, 6.45) is 3.69. The minimum atomic E-state index is -0.375. The van der Waals surface area contributed by atoms with Gasteiger partial charge in [0.25, 0.3) is 0 Å². The molecule has 0 spiro atoms. The van der Waals surface area contributed by atoms with Crippen LogP contribution in [0.3, 0.4) is 0 Å². The van der Waals surface area contributed by atoms with Crippen LogP contribution in [-0.4, -0.2) is 25.7 Å². The van der Waals surface area contributed by atoms with Gasteiger partial charge < -0.3 is 14.8 Å². The van der Waals surface area contributed by atoms with Gasteiger partial charge in [0.05, 0.1) is 7.11 Å². The van der Waals surface area contributed by atoms with E-state index in [1.165, 1.54) is 26.4 Å². The normalized spacial score (nSPS) is 20.4. The Bertz CT molecular complexity index is 453. The first kappa shape index (κ1) is 14.7. The van der Waals surface area contributed by atoms with Gasteiger partial charge in [-0.05, 0) is 48.9 Å². The van der Waals surface area contributed by atoms with Gasteiger partial charge in [-0.2, -0.15) is 0 Å². The Kier molecular flexibility index (Phi) is 4.53. The summed E-state index contributed by atoms with van der Waals surface area (Å²) in [5, 5.41) is 3.55. The van der Waals surface area contributed by atoms with Gasteiger partial charge in [-0.3, -0.25) is 0 Å². The van der Waals surface area contributed by atoms with E-state index in [1.807, 2.05) is 24.3 Å². The highest BCUT2D eigenvalue weighted by atomic mass is 16.6. The standard InChI is InChI=1S/C16H23NO3/c1-16(2)9-8-13(10-16)17-12-4-6-14(7-5-12)20-11-15(18)19-3/h4-7,13,17H,8-11H2,1-3H3. The molecule has 1 aliphatic rings. The molecule has 1 saturated carbocycles. The van der Waals surface area contributed by atoms with E-state index in [1.54, 1.807) is 0 Å². The predicted molar refractivity (Wildman–Crippen MR) is 79.0 cm³/mol. The van der Waals surface area contributed by atoms with Gasteiger partial charge in [0.2, 0.25) is 0 Å². The van der Waals surface area contributed by atoms with Gasteiger partial charge in [0.1, 0.15) is 5.75 Å². The van der Waals surface area contributed by atoms with E-state index in [2.05, 4.69) is 23.9 Å². The summed E-state index contributed by atoms with van der Waals surface area (Å²) in [6, 6.07) is 8.25. The number of hydrogen-bond acceptors (Lipinski definition) is 4. The molecule has 0 aromatic heterocycles. The summed E-state index contributed by atoms with van der Waals surface area (Å²) < 4.78 is 9.84. The van der Waals surface area contributed by atoms with Crippen LogP contribution in [0.15, 0.2) is 24.3 Å². The van der Waals surface area contributed by atoms with Crippen molar-refractivity contribution in [3.05, 3.63) is 24.3 Å². The lowest BCUT2D eigenvalue weighted by molar-refractivity contribution is -0.142. The third-order valence-electron chi connectivity index (χ3n) is 3.78. The average molecular weight is 277 g/mol. The third-order valence-corrected chi connectivity index (χ3v) is 3.78. The first-order chi connectivity index (χ1) is 9.48. The van der Waals surface area contributed by atoms with E-state index in [-0.39, 0.29) is 12.6 Å². The summed E-state index contributed by atoms with van der Waals surface area (Å²) in [4.78, 5) is 11.0. The second-order valence-electron chi connectivity index (χ2n) is 6.14. The van der Waals surface area contributed by atoms with Crippen LogP contribution < -0.4 is 10.1 Å². The Labute approximate surface area is 120 Å². The number of carbonyl (C=O) groups is 1. The van der Waals surface area contributed by atoms with Gasteiger partial charge in [-0.15, -0.1) is 0 Å². The molecule has 1 atom stereocenters. The zero-order valence-electron chi connectivity index (χ0n) is 12.4. The molecular formula is C16H23NO3. The van der Waals surface area contributed by atoms with Crippen LogP contribution in [0.5, 0.6) is 5.75 Å². The van der Waals surface area contributed by atoms with E-state index in [9.17, 15) is 4.79 Å². The number of anilines is 1. The SMILES string of the molecule is COC(=O)COc1ccc(NC2CCC(C)(C)C2)cc1. The zero-order valence-corrected chi connectivity index (χ0v) is 12.4. The number of nitrogens with one attached hydrogen (secondary N) is 1. The molecule has 110 valence electrons. The zero-order chi connectivity index (χ0) is 14.6. The smallest absolute Gasteiger partial charge is 0.343 e. The van der Waals surface area contributed by atoms with Crippen molar-refractivity contribution >= 4 is 11.7 Å². The van der Waals surface area contributed by atoms with Crippen molar-refractivity contribution in [2.24, 2.45) is 5.41 Å². The molecule has 4 heteroatoms. The number of ether oxygens (including phenoxy) is 2. The van der Waals surface area contributed by atoms with Gasteiger partial charge in [-0.1, -0.05) is 13.8 Å². The summed E-state index contributed by atoms with van der Waals surface area (Å²) in [5.74, 6) is 0.299. The van der Waals surface area contributed by atoms with Crippen molar-refractivity contribution in [3.8, 4) is 5.75 Å². The topological polar surface area (TPSA) is 47.6 Å². The number of hydrogen-bond donors (Lipinski definition) is 1. The first-order valence-corrected chi connectivity index (χ1v) is 7.05. The molecule has 2 rings (SSSR count). The molecule has 1 N–H and O–H groups in total. The Balaban J connectivity index is 1.84. The molecule has 20 heavy (non-hydrogen) atoms. The van der Waals surface area contributed by atoms with Crippen molar-refractivity contribution in [3.63, 3.8) is 0 Å². The number of benzene rings is 1. The lowest BCUT2D eigenvalue weighted by Gasteiger charge is -2.18. The van der Waals surface area contributed by atoms with Crippen molar-refractivity contribution < 1.29 is 14.3 Å². The highest BCUT2D eigenvalue weighted by Gasteiger charge is 2.30. The number of esters is 1. The summed E-state index contributed by atoms with van der Waals surface area (Å²) in [5.41, 5.74) is 1.54. The third kappa shape index (κ3) is 4.15. The van der Waals surface area contributed by atoms with E-state index >= 15 is 0 Å². The molecule has 1 aromatic rings. The van der Waals surface area contributed by atoms with Crippen molar-refractivity contribution in [2.75, 3.05) is 19.0 Å². The van der Waals surface area contributed by atoms with E-state index in [0.29, 0.717) is 17.2 Å². The highest BCUT2D eigenvalue weighted by molar-refractivity contribution is 5.70. The average Bonchev–Trinajstić information content (AvgIpc) is 2.76. The van der Waals surface area contributed by atoms with Gasteiger partial charge in [0, 0.05) is 11.7 Å². The Morgan fingerprint density at radius 1 is 1.35 bits per heavy atom. The lowest BCUT2D eigenvalue weighted by atomic mass is 9.92. The Hall–Kier alpha value is -1.71. The molecule has 0 bridgehead atoms. The van der Waals surface area contributed by atoms with Crippen molar-refractivity contribution in [1.29, 1.82) is 0 Å². The Morgan fingerprint density at radius 3 is 2.60 bits per heavy atom. The maximum Gasteiger partial charge on any atom is 0.343 e. The summed E-state index contributed by atoms with van der Waals surface area (Å²) in [6.45, 7) is 4.58. The van der Waals surface area contributed by atoms with Gasteiger partial charge >= 0.3 is 5.97 Å². The maximum atomic E-state index is 11.0. The molecule has 0 aliphatic heterocycles. The molecule has 1 aromatic carbocycles. The quantitative estimate of drug-likeness (QED) is 0.839. The van der Waals surface area contributed by atoms with Gasteiger partial charge in [0.15, 0.2) is 6.61 Å².